The summed E-state index contributed by atoms with van der Waals surface area (Å²) in [5.74, 6) is 1.90. The number of likely N-dealkylation sites (tertiary alicyclic amines) is 1. The van der Waals surface area contributed by atoms with Crippen molar-refractivity contribution in [2.24, 2.45) is 11.0 Å². The maximum atomic E-state index is 12.5. The number of nitriles is 1. The summed E-state index contributed by atoms with van der Waals surface area (Å²) >= 11 is 0. The van der Waals surface area contributed by atoms with Crippen LogP contribution in [0.5, 0.6) is 5.75 Å². The average Bonchev–Trinajstić information content (AvgIpc) is 2.94. The van der Waals surface area contributed by atoms with Gasteiger partial charge in [-0.05, 0) is 62.7 Å². The van der Waals surface area contributed by atoms with Gasteiger partial charge in [-0.2, -0.15) is 10.4 Å². The minimum absolute atomic E-state index is 0. The van der Waals surface area contributed by atoms with Crippen LogP contribution < -0.4 is 4.74 Å². The molecule has 0 amide bonds. The Bertz CT molecular complexity index is 1330. The van der Waals surface area contributed by atoms with Gasteiger partial charge in [-0.3, -0.25) is 9.80 Å². The Morgan fingerprint density at radius 1 is 1.03 bits per heavy atom. The van der Waals surface area contributed by atoms with Crippen LogP contribution in [0.2, 0.25) is 0 Å². The molecule has 3 heterocycles. The summed E-state index contributed by atoms with van der Waals surface area (Å²) in [5, 5.41) is 15.7. The monoisotopic (exact) mass is 548 g/mol. The number of hydrazone groups is 1. The van der Waals surface area contributed by atoms with Crippen LogP contribution in [0.3, 0.4) is 0 Å². The third-order valence-corrected chi connectivity index (χ3v) is 6.87. The highest BCUT2D eigenvalue weighted by atomic mass is 35.5. The molecule has 5 rings (SSSR count). The zero-order chi connectivity index (χ0) is 25.6. The molecule has 2 aliphatic heterocycles. The van der Waals surface area contributed by atoms with Crippen LogP contribution in [0.1, 0.15) is 36.0 Å². The number of benzene rings is 2. The van der Waals surface area contributed by atoms with E-state index >= 15 is 0 Å². The first-order chi connectivity index (χ1) is 18.1. The molecule has 3 aromatic rings. The lowest BCUT2D eigenvalue weighted by atomic mass is 9.98. The number of aromatic nitrogens is 2. The topological polar surface area (TPSA) is 126 Å². The van der Waals surface area contributed by atoms with E-state index in [1.165, 1.54) is 0 Å². The van der Waals surface area contributed by atoms with Gasteiger partial charge in [-0.15, -0.1) is 12.4 Å². The number of hydrogen-bond acceptors (Lipinski definition) is 8. The van der Waals surface area contributed by atoms with Crippen LogP contribution in [-0.2, 0) is 11.3 Å². The predicted octanol–water partition coefficient (Wildman–Crippen LogP) is 3.51. The molecule has 2 N–H and O–H groups in total. The molecule has 2 aliphatic rings. The fraction of sp³-hybridized carbons (Fsp3) is 0.345. The highest BCUT2D eigenvalue weighted by Gasteiger charge is 2.22. The van der Waals surface area contributed by atoms with E-state index in [0.717, 1.165) is 37.1 Å². The molecule has 39 heavy (non-hydrogen) atoms. The summed E-state index contributed by atoms with van der Waals surface area (Å²) in [5.41, 5.74) is 3.55. The van der Waals surface area contributed by atoms with Crippen molar-refractivity contribution in [2.45, 2.75) is 25.8 Å². The minimum Gasteiger partial charge on any atom is -0.490 e. The standard InChI is InChI=1S/C29H30N6O2.ClH.H2O/c1-34-11-8-21(9-12-34)20-37-26-17-31-29(32-18-26)25-7-3-5-23(15-25)19-35-13-10-27(36)28(33-35)24-6-2-4-22(14-24)16-30;;/h2-7,14-15,17-18,21H,8-13,19-20H2,1H3;1H;1H2. The largest absolute Gasteiger partial charge is 0.490 e. The second-order valence-electron chi connectivity index (χ2n) is 9.70. The molecule has 0 radical (unpaired) electrons. The van der Waals surface area contributed by atoms with E-state index < -0.39 is 0 Å². The number of nitrogens with zero attached hydrogens (tertiary/aromatic N) is 6. The van der Waals surface area contributed by atoms with Crippen LogP contribution in [0.4, 0.5) is 0 Å². The molecule has 1 saturated heterocycles. The molecular weight excluding hydrogens is 516 g/mol. The summed E-state index contributed by atoms with van der Waals surface area (Å²) < 4.78 is 5.96. The molecule has 1 fully saturated rings. The summed E-state index contributed by atoms with van der Waals surface area (Å²) in [6.07, 6.45) is 6.19. The Hall–Kier alpha value is -3.84. The molecule has 0 saturated carbocycles. The number of carbonyl (C=O) groups excluding carboxylic acids is 1. The van der Waals surface area contributed by atoms with Crippen molar-refractivity contribution in [2.75, 3.05) is 33.3 Å². The van der Waals surface area contributed by atoms with Gasteiger partial charge in [-0.1, -0.05) is 30.3 Å². The molecule has 0 unspecified atom stereocenters. The Morgan fingerprint density at radius 3 is 2.49 bits per heavy atom. The number of carbonyl (C=O) groups is 1. The van der Waals surface area contributed by atoms with Gasteiger partial charge in [0.2, 0.25) is 0 Å². The summed E-state index contributed by atoms with van der Waals surface area (Å²) in [7, 11) is 2.16. The molecule has 204 valence electrons. The van der Waals surface area contributed by atoms with Gasteiger partial charge < -0.3 is 15.1 Å². The predicted molar refractivity (Wildman–Crippen MR) is 152 cm³/mol. The fourth-order valence-corrected chi connectivity index (χ4v) is 4.67. The van der Waals surface area contributed by atoms with Crippen LogP contribution in [-0.4, -0.2) is 70.1 Å². The lowest BCUT2D eigenvalue weighted by molar-refractivity contribution is -0.114. The number of Topliss-reactive ketones (excluding diaryl/α,β-unsaturated/α-hetero) is 1. The molecule has 0 bridgehead atoms. The SMILES string of the molecule is CN1CCC(COc2cnc(-c3cccc(CN4CCC(=O)C(c5cccc(C#N)c5)=N4)c3)nc2)CC1.Cl.O. The van der Waals surface area contributed by atoms with Crippen LogP contribution in [0.25, 0.3) is 11.4 Å². The quantitative estimate of drug-likeness (QED) is 0.442. The zero-order valence-corrected chi connectivity index (χ0v) is 22.7. The smallest absolute Gasteiger partial charge is 0.185 e. The zero-order valence-electron chi connectivity index (χ0n) is 21.9. The van der Waals surface area contributed by atoms with E-state index in [1.54, 1.807) is 30.6 Å². The second-order valence-corrected chi connectivity index (χ2v) is 9.70. The summed E-state index contributed by atoms with van der Waals surface area (Å²) in [4.78, 5) is 24.0. The van der Waals surface area contributed by atoms with E-state index in [0.29, 0.717) is 60.4 Å². The summed E-state index contributed by atoms with van der Waals surface area (Å²) in [6, 6.07) is 17.2. The van der Waals surface area contributed by atoms with Gasteiger partial charge in [0, 0.05) is 24.1 Å². The van der Waals surface area contributed by atoms with E-state index in [2.05, 4.69) is 39.2 Å². The van der Waals surface area contributed by atoms with Gasteiger partial charge in [-0.25, -0.2) is 9.97 Å². The Balaban J connectivity index is 0.00000210. The van der Waals surface area contributed by atoms with Gasteiger partial charge >= 0.3 is 0 Å². The average molecular weight is 549 g/mol. The van der Waals surface area contributed by atoms with Crippen LogP contribution in [0.15, 0.2) is 66.0 Å². The molecule has 0 spiro atoms. The van der Waals surface area contributed by atoms with Crippen molar-refractivity contribution in [3.8, 4) is 23.2 Å². The molecular formula is C29H33ClN6O3. The van der Waals surface area contributed by atoms with Gasteiger partial charge in [0.15, 0.2) is 17.4 Å². The van der Waals surface area contributed by atoms with E-state index in [-0.39, 0.29) is 23.7 Å². The Kier molecular flexibility index (Phi) is 10.5. The first kappa shape index (κ1) is 29.7. The number of hydrogen-bond donors (Lipinski definition) is 0. The van der Waals surface area contributed by atoms with E-state index in [9.17, 15) is 10.1 Å². The second kappa shape index (κ2) is 13.8. The van der Waals surface area contributed by atoms with Gasteiger partial charge in [0.1, 0.15) is 5.71 Å². The first-order valence-corrected chi connectivity index (χ1v) is 12.7. The van der Waals surface area contributed by atoms with Crippen LogP contribution in [0, 0.1) is 17.2 Å². The van der Waals surface area contributed by atoms with Gasteiger partial charge in [0.05, 0.1) is 37.2 Å². The van der Waals surface area contributed by atoms with Gasteiger partial charge in [0.25, 0.3) is 0 Å². The summed E-state index contributed by atoms with van der Waals surface area (Å²) in [6.45, 7) is 4.04. The highest BCUT2D eigenvalue weighted by Crippen LogP contribution is 2.22. The third-order valence-electron chi connectivity index (χ3n) is 6.87. The van der Waals surface area contributed by atoms with Crippen molar-refractivity contribution in [3.63, 3.8) is 0 Å². The number of ketones is 1. The number of piperidine rings is 1. The van der Waals surface area contributed by atoms with E-state index in [4.69, 9.17) is 4.74 Å². The highest BCUT2D eigenvalue weighted by molar-refractivity contribution is 6.46. The molecule has 2 aromatic carbocycles. The molecule has 10 heteroatoms. The maximum absolute atomic E-state index is 12.5. The molecule has 0 aliphatic carbocycles. The lowest BCUT2D eigenvalue weighted by Crippen LogP contribution is -2.32. The maximum Gasteiger partial charge on any atom is 0.185 e. The molecule has 0 atom stereocenters. The lowest BCUT2D eigenvalue weighted by Gasteiger charge is -2.28. The van der Waals surface area contributed by atoms with E-state index in [1.807, 2.05) is 29.3 Å². The Morgan fingerprint density at radius 2 is 1.74 bits per heavy atom. The van der Waals surface area contributed by atoms with Crippen molar-refractivity contribution >= 4 is 23.9 Å². The van der Waals surface area contributed by atoms with Crippen molar-refractivity contribution in [1.29, 1.82) is 5.26 Å². The number of ether oxygens (including phenoxy) is 1. The molecule has 1 aromatic heterocycles. The number of halogens is 1. The fourth-order valence-electron chi connectivity index (χ4n) is 4.67. The minimum atomic E-state index is -0.00776. The van der Waals surface area contributed by atoms with Crippen molar-refractivity contribution in [3.05, 3.63) is 77.6 Å². The number of rotatable bonds is 7. The first-order valence-electron chi connectivity index (χ1n) is 12.7. The Labute approximate surface area is 234 Å². The van der Waals surface area contributed by atoms with Crippen LogP contribution >= 0.6 is 12.4 Å². The normalized spacial score (nSPS) is 15.9. The molecule has 9 nitrogen and oxygen atoms in total. The van der Waals surface area contributed by atoms with Crippen molar-refractivity contribution in [1.82, 2.24) is 19.9 Å². The van der Waals surface area contributed by atoms with Crippen molar-refractivity contribution < 1.29 is 15.0 Å². The third kappa shape index (κ3) is 7.60.